The first-order valence-electron chi connectivity index (χ1n) is 9.31. The molecule has 2 amide bonds. The highest BCUT2D eigenvalue weighted by Crippen LogP contribution is 2.37. The van der Waals surface area contributed by atoms with Gasteiger partial charge in [0.2, 0.25) is 0 Å². The van der Waals surface area contributed by atoms with Crippen molar-refractivity contribution in [3.63, 3.8) is 0 Å². The van der Waals surface area contributed by atoms with Crippen molar-refractivity contribution >= 4 is 6.03 Å². The van der Waals surface area contributed by atoms with Crippen LogP contribution in [-0.2, 0) is 19.5 Å². The van der Waals surface area contributed by atoms with Gasteiger partial charge in [-0.05, 0) is 37.2 Å². The smallest absolute Gasteiger partial charge is 0.315 e. The Bertz CT molecular complexity index is 723. The van der Waals surface area contributed by atoms with Gasteiger partial charge in [-0.2, -0.15) is 0 Å². The van der Waals surface area contributed by atoms with Crippen LogP contribution >= 0.6 is 0 Å². The summed E-state index contributed by atoms with van der Waals surface area (Å²) in [7, 11) is 0. The summed E-state index contributed by atoms with van der Waals surface area (Å²) in [6, 6.07) is 10.2. The van der Waals surface area contributed by atoms with Crippen LogP contribution < -0.4 is 10.6 Å². The summed E-state index contributed by atoms with van der Waals surface area (Å²) in [5, 5.41) is 14.6. The minimum atomic E-state index is -0.131. The maximum atomic E-state index is 12.5. The summed E-state index contributed by atoms with van der Waals surface area (Å²) in [6.07, 6.45) is 6.92. The fourth-order valence-corrected chi connectivity index (χ4v) is 3.76. The predicted octanol–water partition coefficient (Wildman–Crippen LogP) is 2.96. The molecule has 1 aromatic heterocycles. The van der Waals surface area contributed by atoms with Gasteiger partial charge in [0.1, 0.15) is 5.82 Å². The van der Waals surface area contributed by atoms with Gasteiger partial charge in [0, 0.05) is 13.0 Å². The monoisotopic (exact) mass is 339 g/mol. The Hall–Kier alpha value is -2.37. The summed E-state index contributed by atoms with van der Waals surface area (Å²) in [6.45, 7) is 1.38. The van der Waals surface area contributed by atoms with Gasteiger partial charge in [-0.25, -0.2) is 4.79 Å². The van der Waals surface area contributed by atoms with Gasteiger partial charge < -0.3 is 15.2 Å². The van der Waals surface area contributed by atoms with Crippen molar-refractivity contribution < 1.29 is 4.79 Å². The molecule has 0 unspecified atom stereocenters. The number of carbonyl (C=O) groups excluding carboxylic acids is 1. The molecule has 6 nitrogen and oxygen atoms in total. The molecule has 1 aliphatic heterocycles. The number of fused-ring (bicyclic) bond motifs is 1. The fraction of sp³-hybridized carbons (Fsp3) is 0.526. The minimum Gasteiger partial charge on any atom is -0.331 e. The molecule has 1 atom stereocenters. The topological polar surface area (TPSA) is 71.8 Å². The molecule has 25 heavy (non-hydrogen) atoms. The van der Waals surface area contributed by atoms with E-state index in [9.17, 15) is 4.79 Å². The molecule has 0 bridgehead atoms. The highest BCUT2D eigenvalue weighted by Gasteiger charge is 2.29. The molecule has 4 rings (SSSR count). The van der Waals surface area contributed by atoms with Crippen LogP contribution in [0.25, 0.3) is 0 Å². The molecule has 1 saturated carbocycles. The highest BCUT2D eigenvalue weighted by atomic mass is 16.2. The lowest BCUT2D eigenvalue weighted by atomic mass is 9.77. The third kappa shape index (κ3) is 3.52. The van der Waals surface area contributed by atoms with Crippen LogP contribution in [0.3, 0.4) is 0 Å². The van der Waals surface area contributed by atoms with E-state index in [0.717, 1.165) is 31.0 Å². The SMILES string of the molecule is O=C(NCc1nnc2n1CCCC2)N[C@@H](c1ccccc1)C1CCC1. The van der Waals surface area contributed by atoms with Crippen molar-refractivity contribution in [2.45, 2.75) is 57.7 Å². The van der Waals surface area contributed by atoms with Crippen molar-refractivity contribution in [3.8, 4) is 0 Å². The lowest BCUT2D eigenvalue weighted by Gasteiger charge is -2.34. The molecule has 0 spiro atoms. The van der Waals surface area contributed by atoms with Gasteiger partial charge in [-0.1, -0.05) is 36.8 Å². The number of amides is 2. The number of nitrogens with zero attached hydrogens (tertiary/aromatic N) is 3. The van der Waals surface area contributed by atoms with Crippen LogP contribution in [0.15, 0.2) is 30.3 Å². The summed E-state index contributed by atoms with van der Waals surface area (Å²) in [5.41, 5.74) is 1.18. The average molecular weight is 339 g/mol. The zero-order chi connectivity index (χ0) is 17.1. The second-order valence-corrected chi connectivity index (χ2v) is 7.05. The maximum Gasteiger partial charge on any atom is 0.315 e. The molecule has 132 valence electrons. The van der Waals surface area contributed by atoms with Gasteiger partial charge in [-0.3, -0.25) is 0 Å². The lowest BCUT2D eigenvalue weighted by Crippen LogP contribution is -2.42. The summed E-state index contributed by atoms with van der Waals surface area (Å²) < 4.78 is 2.14. The quantitative estimate of drug-likeness (QED) is 0.880. The maximum absolute atomic E-state index is 12.5. The normalized spacial score (nSPS) is 18.1. The Morgan fingerprint density at radius 3 is 2.76 bits per heavy atom. The predicted molar refractivity (Wildman–Crippen MR) is 94.9 cm³/mol. The minimum absolute atomic E-state index is 0.0854. The van der Waals surface area contributed by atoms with Gasteiger partial charge in [0.15, 0.2) is 5.82 Å². The molecule has 1 aromatic carbocycles. The molecule has 2 N–H and O–H groups in total. The molecule has 0 saturated heterocycles. The molecule has 2 aliphatic rings. The molecular weight excluding hydrogens is 314 g/mol. The zero-order valence-electron chi connectivity index (χ0n) is 14.4. The summed E-state index contributed by atoms with van der Waals surface area (Å²) >= 11 is 0. The van der Waals surface area contributed by atoms with Crippen LogP contribution in [0.4, 0.5) is 4.79 Å². The number of carbonyl (C=O) groups is 1. The zero-order valence-corrected chi connectivity index (χ0v) is 14.4. The molecule has 1 aliphatic carbocycles. The first kappa shape index (κ1) is 16.1. The van der Waals surface area contributed by atoms with E-state index < -0.39 is 0 Å². The largest absolute Gasteiger partial charge is 0.331 e. The van der Waals surface area contributed by atoms with Gasteiger partial charge in [0.25, 0.3) is 0 Å². The van der Waals surface area contributed by atoms with Crippen LogP contribution in [0.5, 0.6) is 0 Å². The van der Waals surface area contributed by atoms with E-state index in [2.05, 4.69) is 37.5 Å². The first-order chi connectivity index (χ1) is 12.3. The number of hydrogen-bond donors (Lipinski definition) is 2. The molecule has 2 aromatic rings. The third-order valence-electron chi connectivity index (χ3n) is 5.41. The number of nitrogens with one attached hydrogen (secondary N) is 2. The van der Waals surface area contributed by atoms with Crippen LogP contribution in [0.1, 0.15) is 55.4 Å². The number of aromatic nitrogens is 3. The second kappa shape index (κ2) is 7.25. The lowest BCUT2D eigenvalue weighted by molar-refractivity contribution is 0.207. The Morgan fingerprint density at radius 1 is 1.16 bits per heavy atom. The first-order valence-corrected chi connectivity index (χ1v) is 9.31. The van der Waals surface area contributed by atoms with Crippen molar-refractivity contribution in [2.24, 2.45) is 5.92 Å². The van der Waals surface area contributed by atoms with E-state index in [0.29, 0.717) is 12.5 Å². The summed E-state index contributed by atoms with van der Waals surface area (Å²) in [4.78, 5) is 12.5. The molecule has 1 fully saturated rings. The van der Waals surface area contributed by atoms with Crippen LogP contribution in [0.2, 0.25) is 0 Å². The molecule has 6 heteroatoms. The van der Waals surface area contributed by atoms with E-state index in [1.807, 2.05) is 18.2 Å². The number of urea groups is 1. The van der Waals surface area contributed by atoms with Crippen molar-refractivity contribution in [1.29, 1.82) is 0 Å². The van der Waals surface area contributed by atoms with Crippen molar-refractivity contribution in [3.05, 3.63) is 47.5 Å². The average Bonchev–Trinajstić information content (AvgIpc) is 3.02. The summed E-state index contributed by atoms with van der Waals surface area (Å²) in [5.74, 6) is 2.43. The Labute approximate surface area is 148 Å². The highest BCUT2D eigenvalue weighted by molar-refractivity contribution is 5.74. The Morgan fingerprint density at radius 2 is 2.00 bits per heavy atom. The van der Waals surface area contributed by atoms with Crippen molar-refractivity contribution in [2.75, 3.05) is 0 Å². The molecule has 0 radical (unpaired) electrons. The fourth-order valence-electron chi connectivity index (χ4n) is 3.76. The number of hydrogen-bond acceptors (Lipinski definition) is 3. The van der Waals surface area contributed by atoms with Gasteiger partial charge in [-0.15, -0.1) is 10.2 Å². The van der Waals surface area contributed by atoms with Crippen LogP contribution in [-0.4, -0.2) is 20.8 Å². The third-order valence-corrected chi connectivity index (χ3v) is 5.41. The van der Waals surface area contributed by atoms with Crippen molar-refractivity contribution in [1.82, 2.24) is 25.4 Å². The van der Waals surface area contributed by atoms with E-state index in [1.54, 1.807) is 0 Å². The number of benzene rings is 1. The number of aryl methyl sites for hydroxylation is 1. The van der Waals surface area contributed by atoms with Gasteiger partial charge in [0.05, 0.1) is 12.6 Å². The Kier molecular flexibility index (Phi) is 4.68. The standard InChI is InChI=1S/C19H25N5O/c25-19(20-13-17-23-22-16-11-4-5-12-24(16)17)21-18(15-9-6-10-15)14-7-2-1-3-8-14/h1-3,7-8,15,18H,4-6,9-13H2,(H2,20,21,25)/t18-/m0/s1. The molecular formula is C19H25N5O. The molecule has 2 heterocycles. The van der Waals surface area contributed by atoms with Crippen LogP contribution in [0, 0.1) is 5.92 Å². The van der Waals surface area contributed by atoms with E-state index in [1.165, 1.54) is 31.2 Å². The van der Waals surface area contributed by atoms with E-state index >= 15 is 0 Å². The van der Waals surface area contributed by atoms with E-state index in [4.69, 9.17) is 0 Å². The van der Waals surface area contributed by atoms with Gasteiger partial charge >= 0.3 is 6.03 Å². The number of rotatable bonds is 5. The van der Waals surface area contributed by atoms with E-state index in [-0.39, 0.29) is 12.1 Å². The Balaban J connectivity index is 1.38. The second-order valence-electron chi connectivity index (χ2n) is 7.05.